The molecule has 0 spiro atoms. The second-order valence-electron chi connectivity index (χ2n) is 6.96. The largest absolute Gasteiger partial charge is 0.381 e. The number of aryl methyl sites for hydroxylation is 2. The summed E-state index contributed by atoms with van der Waals surface area (Å²) in [6.45, 7) is 4.39. The summed E-state index contributed by atoms with van der Waals surface area (Å²) in [5.74, 6) is 4.17. The van der Waals surface area contributed by atoms with Gasteiger partial charge in [0.2, 0.25) is 0 Å². The first-order chi connectivity index (χ1) is 12.3. The highest BCUT2D eigenvalue weighted by atomic mass is 16.5. The maximum Gasteiger partial charge on any atom is 0.153 e. The molecule has 1 fully saturated rings. The van der Waals surface area contributed by atoms with Crippen molar-refractivity contribution in [3.05, 3.63) is 28.7 Å². The van der Waals surface area contributed by atoms with Crippen LogP contribution in [-0.2, 0) is 24.0 Å². The van der Waals surface area contributed by atoms with Crippen molar-refractivity contribution >= 4 is 5.82 Å². The summed E-state index contributed by atoms with van der Waals surface area (Å²) in [5, 5.41) is 11.0. The molecule has 7 nitrogen and oxygen atoms in total. The third-order valence-electron chi connectivity index (χ3n) is 5.08. The van der Waals surface area contributed by atoms with Gasteiger partial charge in [0.25, 0.3) is 0 Å². The molecule has 7 heteroatoms. The third kappa shape index (κ3) is 3.81. The molecule has 0 aromatic carbocycles. The Morgan fingerprint density at radius 2 is 1.96 bits per heavy atom. The van der Waals surface area contributed by atoms with Crippen molar-refractivity contribution in [2.24, 2.45) is 0 Å². The van der Waals surface area contributed by atoms with Crippen molar-refractivity contribution < 1.29 is 4.74 Å². The van der Waals surface area contributed by atoms with Crippen molar-refractivity contribution in [1.82, 2.24) is 25.1 Å². The van der Waals surface area contributed by atoms with Gasteiger partial charge in [-0.15, -0.1) is 0 Å². The van der Waals surface area contributed by atoms with E-state index in [2.05, 4.69) is 30.5 Å². The number of H-pyrrole nitrogens is 1. The van der Waals surface area contributed by atoms with E-state index in [1.807, 2.05) is 6.92 Å². The predicted molar refractivity (Wildman–Crippen MR) is 94.8 cm³/mol. The lowest BCUT2D eigenvalue weighted by Gasteiger charge is -2.19. The molecule has 1 saturated heterocycles. The monoisotopic (exact) mass is 342 g/mol. The van der Waals surface area contributed by atoms with Crippen molar-refractivity contribution in [3.8, 4) is 0 Å². The molecule has 1 aliphatic carbocycles. The summed E-state index contributed by atoms with van der Waals surface area (Å²) in [7, 11) is 0. The number of anilines is 1. The Hall–Kier alpha value is -2.02. The lowest BCUT2D eigenvalue weighted by atomic mass is 9.96. The average Bonchev–Trinajstić information content (AvgIpc) is 3.11. The van der Waals surface area contributed by atoms with Crippen LogP contribution in [0.3, 0.4) is 0 Å². The first-order valence-electron chi connectivity index (χ1n) is 9.39. The number of nitrogens with one attached hydrogen (secondary N) is 2. The van der Waals surface area contributed by atoms with Crippen molar-refractivity contribution in [1.29, 1.82) is 0 Å². The van der Waals surface area contributed by atoms with E-state index < -0.39 is 0 Å². The maximum absolute atomic E-state index is 5.41. The normalized spacial score (nSPS) is 18.1. The summed E-state index contributed by atoms with van der Waals surface area (Å²) in [6, 6.07) is 0. The Labute approximate surface area is 148 Å². The topological polar surface area (TPSA) is 88.6 Å². The molecular weight excluding hydrogens is 316 g/mol. The fourth-order valence-electron chi connectivity index (χ4n) is 3.72. The highest BCUT2D eigenvalue weighted by Gasteiger charge is 2.20. The zero-order valence-electron chi connectivity index (χ0n) is 14.8. The van der Waals surface area contributed by atoms with Gasteiger partial charge in [-0.1, -0.05) is 0 Å². The summed E-state index contributed by atoms with van der Waals surface area (Å²) in [5.41, 5.74) is 2.53. The van der Waals surface area contributed by atoms with E-state index in [-0.39, 0.29) is 0 Å². The fraction of sp³-hybridized carbons (Fsp3) is 0.667. The SMILES string of the molecule is Cc1nc2c(c(NCCc3nc(C4CCOCC4)n[nH]3)n1)CCCC2. The minimum absolute atomic E-state index is 0.434. The zero-order chi connectivity index (χ0) is 17.1. The molecule has 2 aromatic rings. The molecule has 2 N–H and O–H groups in total. The number of rotatable bonds is 5. The van der Waals surface area contributed by atoms with Crippen LogP contribution in [0, 0.1) is 6.92 Å². The summed E-state index contributed by atoms with van der Waals surface area (Å²) >= 11 is 0. The highest BCUT2D eigenvalue weighted by molar-refractivity contribution is 5.47. The Balaban J connectivity index is 1.37. The molecule has 134 valence electrons. The van der Waals surface area contributed by atoms with Crippen LogP contribution in [0.25, 0.3) is 0 Å². The van der Waals surface area contributed by atoms with Gasteiger partial charge in [0.15, 0.2) is 5.82 Å². The van der Waals surface area contributed by atoms with Crippen molar-refractivity contribution in [3.63, 3.8) is 0 Å². The maximum atomic E-state index is 5.41. The first-order valence-corrected chi connectivity index (χ1v) is 9.39. The van der Waals surface area contributed by atoms with Gasteiger partial charge in [0.1, 0.15) is 17.5 Å². The second kappa shape index (κ2) is 7.47. The summed E-state index contributed by atoms with van der Waals surface area (Å²) < 4.78 is 5.41. The van der Waals surface area contributed by atoms with E-state index in [0.717, 1.165) is 75.2 Å². The van der Waals surface area contributed by atoms with E-state index in [9.17, 15) is 0 Å². The van der Waals surface area contributed by atoms with Crippen molar-refractivity contribution in [2.45, 2.75) is 57.8 Å². The van der Waals surface area contributed by atoms with Gasteiger partial charge in [-0.25, -0.2) is 15.0 Å². The minimum Gasteiger partial charge on any atom is -0.381 e. The van der Waals surface area contributed by atoms with Crippen LogP contribution >= 0.6 is 0 Å². The molecule has 25 heavy (non-hydrogen) atoms. The zero-order valence-corrected chi connectivity index (χ0v) is 14.8. The van der Waals surface area contributed by atoms with E-state index in [0.29, 0.717) is 5.92 Å². The first kappa shape index (κ1) is 16.4. The van der Waals surface area contributed by atoms with E-state index >= 15 is 0 Å². The predicted octanol–water partition coefficient (Wildman–Crippen LogP) is 2.33. The molecule has 1 aliphatic heterocycles. The number of hydrogen-bond donors (Lipinski definition) is 2. The molecule has 0 amide bonds. The number of nitrogens with zero attached hydrogens (tertiary/aromatic N) is 4. The quantitative estimate of drug-likeness (QED) is 0.867. The molecule has 0 atom stereocenters. The third-order valence-corrected chi connectivity index (χ3v) is 5.08. The molecule has 0 bridgehead atoms. The fourth-order valence-corrected chi connectivity index (χ4v) is 3.72. The van der Waals surface area contributed by atoms with Gasteiger partial charge in [-0.3, -0.25) is 5.10 Å². The smallest absolute Gasteiger partial charge is 0.153 e. The molecular formula is C18H26N6O. The van der Waals surface area contributed by atoms with Gasteiger partial charge < -0.3 is 10.1 Å². The highest BCUT2D eigenvalue weighted by Crippen LogP contribution is 2.26. The number of ether oxygens (including phenoxy) is 1. The van der Waals surface area contributed by atoms with E-state index in [1.165, 1.54) is 24.1 Å². The second-order valence-corrected chi connectivity index (χ2v) is 6.96. The van der Waals surface area contributed by atoms with Gasteiger partial charge in [0, 0.05) is 43.4 Å². The van der Waals surface area contributed by atoms with Crippen LogP contribution < -0.4 is 5.32 Å². The summed E-state index contributed by atoms with van der Waals surface area (Å²) in [6.07, 6.45) is 7.45. The molecule has 3 heterocycles. The molecule has 2 aromatic heterocycles. The lowest BCUT2D eigenvalue weighted by molar-refractivity contribution is 0.0836. The average molecular weight is 342 g/mol. The number of hydrogen-bond acceptors (Lipinski definition) is 6. The molecule has 0 saturated carbocycles. The molecule has 0 radical (unpaired) electrons. The Morgan fingerprint density at radius 3 is 2.84 bits per heavy atom. The van der Waals surface area contributed by atoms with Crippen LogP contribution in [0.1, 0.15) is 60.3 Å². The van der Waals surface area contributed by atoms with Gasteiger partial charge in [0.05, 0.1) is 0 Å². The Morgan fingerprint density at radius 1 is 1.12 bits per heavy atom. The number of fused-ring (bicyclic) bond motifs is 1. The minimum atomic E-state index is 0.434. The molecule has 0 unspecified atom stereocenters. The van der Waals surface area contributed by atoms with Crippen LogP contribution in [0.5, 0.6) is 0 Å². The van der Waals surface area contributed by atoms with Crippen LogP contribution in [0.15, 0.2) is 0 Å². The summed E-state index contributed by atoms with van der Waals surface area (Å²) in [4.78, 5) is 13.9. The van der Waals surface area contributed by atoms with Crippen molar-refractivity contribution in [2.75, 3.05) is 25.1 Å². The van der Waals surface area contributed by atoms with E-state index in [4.69, 9.17) is 4.74 Å². The van der Waals surface area contributed by atoms with Gasteiger partial charge in [-0.2, -0.15) is 5.10 Å². The lowest BCUT2D eigenvalue weighted by Crippen LogP contribution is -2.16. The Bertz CT molecular complexity index is 722. The number of aromatic nitrogens is 5. The van der Waals surface area contributed by atoms with Gasteiger partial charge >= 0.3 is 0 Å². The Kier molecular flexibility index (Phi) is 4.92. The standard InChI is InChI=1S/C18H26N6O/c1-12-20-15-5-3-2-4-14(15)18(21-12)19-9-6-16-22-17(24-23-16)13-7-10-25-11-8-13/h13H,2-11H2,1H3,(H,19,20,21)(H,22,23,24). The van der Waals surface area contributed by atoms with Gasteiger partial charge in [-0.05, 0) is 45.4 Å². The van der Waals surface area contributed by atoms with E-state index in [1.54, 1.807) is 0 Å². The molecule has 2 aliphatic rings. The van der Waals surface area contributed by atoms with Crippen LogP contribution in [0.2, 0.25) is 0 Å². The molecule has 4 rings (SSSR count). The van der Waals surface area contributed by atoms with Crippen LogP contribution in [0.4, 0.5) is 5.82 Å². The number of aromatic amines is 1. The van der Waals surface area contributed by atoms with Crippen LogP contribution in [-0.4, -0.2) is 44.9 Å².